The van der Waals surface area contributed by atoms with Gasteiger partial charge in [0.25, 0.3) is 0 Å². The van der Waals surface area contributed by atoms with Gasteiger partial charge in [-0.05, 0) is 39.8 Å². The van der Waals surface area contributed by atoms with Gasteiger partial charge in [0.2, 0.25) is 5.91 Å². The number of hydrogen-bond acceptors (Lipinski definition) is 4. The Morgan fingerprint density at radius 2 is 1.90 bits per heavy atom. The van der Waals surface area contributed by atoms with Crippen LogP contribution in [0.2, 0.25) is 0 Å². The van der Waals surface area contributed by atoms with E-state index >= 15 is 0 Å². The van der Waals surface area contributed by atoms with E-state index in [1.165, 1.54) is 0 Å². The lowest BCUT2D eigenvalue weighted by Gasteiger charge is -2.38. The van der Waals surface area contributed by atoms with Crippen LogP contribution in [0.3, 0.4) is 0 Å². The van der Waals surface area contributed by atoms with Crippen LogP contribution in [-0.2, 0) is 4.79 Å². The summed E-state index contributed by atoms with van der Waals surface area (Å²) in [5, 5.41) is 3.05. The van der Waals surface area contributed by atoms with Crippen molar-refractivity contribution in [2.45, 2.75) is 39.3 Å². The molecule has 0 bridgehead atoms. The third kappa shape index (κ3) is 4.43. The molecule has 1 N–H and O–H groups in total. The normalized spacial score (nSPS) is 18.4. The summed E-state index contributed by atoms with van der Waals surface area (Å²) in [7, 11) is 0. The maximum absolute atomic E-state index is 12.2. The molecule has 5 nitrogen and oxygen atoms in total. The minimum Gasteiger partial charge on any atom is -0.354 e. The maximum Gasteiger partial charge on any atom is 0.237 e. The van der Waals surface area contributed by atoms with Crippen molar-refractivity contribution in [1.82, 2.24) is 15.2 Å². The molecule has 1 unspecified atom stereocenters. The predicted molar refractivity (Wildman–Crippen MR) is 85.4 cm³/mol. The van der Waals surface area contributed by atoms with E-state index in [2.05, 4.69) is 20.1 Å². The molecule has 1 aliphatic heterocycles. The van der Waals surface area contributed by atoms with Gasteiger partial charge in [0.05, 0.1) is 6.04 Å². The van der Waals surface area contributed by atoms with Crippen LogP contribution in [0.5, 0.6) is 0 Å². The summed E-state index contributed by atoms with van der Waals surface area (Å²) in [4.78, 5) is 21.1. The highest BCUT2D eigenvalue weighted by atomic mass is 16.2. The van der Waals surface area contributed by atoms with Crippen molar-refractivity contribution in [3.05, 3.63) is 24.4 Å². The van der Waals surface area contributed by atoms with Gasteiger partial charge in [0.15, 0.2) is 0 Å². The zero-order valence-electron chi connectivity index (χ0n) is 13.5. The Hall–Kier alpha value is -1.62. The predicted octanol–water partition coefficient (Wildman–Crippen LogP) is 1.51. The van der Waals surface area contributed by atoms with Crippen LogP contribution in [0.25, 0.3) is 0 Å². The van der Waals surface area contributed by atoms with E-state index in [1.807, 2.05) is 52.1 Å². The number of piperazine rings is 1. The highest BCUT2D eigenvalue weighted by Gasteiger charge is 2.27. The Bertz CT molecular complexity index is 461. The van der Waals surface area contributed by atoms with Gasteiger partial charge in [-0.25, -0.2) is 4.98 Å². The number of aromatic nitrogens is 1. The minimum atomic E-state index is -0.179. The molecule has 0 spiro atoms. The van der Waals surface area contributed by atoms with Gasteiger partial charge in [0.1, 0.15) is 5.82 Å². The van der Waals surface area contributed by atoms with Crippen molar-refractivity contribution in [3.8, 4) is 0 Å². The average Bonchev–Trinajstić information content (AvgIpc) is 2.46. The van der Waals surface area contributed by atoms with Gasteiger partial charge < -0.3 is 10.2 Å². The summed E-state index contributed by atoms with van der Waals surface area (Å²) in [6.45, 7) is 11.6. The van der Waals surface area contributed by atoms with E-state index in [0.717, 1.165) is 32.0 Å². The van der Waals surface area contributed by atoms with Gasteiger partial charge in [-0.3, -0.25) is 9.69 Å². The van der Waals surface area contributed by atoms with E-state index < -0.39 is 0 Å². The Morgan fingerprint density at radius 3 is 2.43 bits per heavy atom. The molecular weight excluding hydrogens is 264 g/mol. The molecule has 0 saturated carbocycles. The Morgan fingerprint density at radius 1 is 1.24 bits per heavy atom. The zero-order chi connectivity index (χ0) is 15.5. The number of carbonyl (C=O) groups is 1. The lowest BCUT2D eigenvalue weighted by atomic mass is 10.1. The van der Waals surface area contributed by atoms with Gasteiger partial charge in [-0.2, -0.15) is 0 Å². The molecule has 0 aliphatic carbocycles. The molecule has 2 heterocycles. The van der Waals surface area contributed by atoms with Gasteiger partial charge in [0, 0.05) is 37.9 Å². The summed E-state index contributed by atoms with van der Waals surface area (Å²) in [5.74, 6) is 1.12. The van der Waals surface area contributed by atoms with Crippen molar-refractivity contribution >= 4 is 11.7 Å². The van der Waals surface area contributed by atoms with Crippen molar-refractivity contribution < 1.29 is 4.79 Å². The van der Waals surface area contributed by atoms with Crippen LogP contribution in [0.15, 0.2) is 24.4 Å². The first-order valence-electron chi connectivity index (χ1n) is 7.59. The number of nitrogens with one attached hydrogen (secondary N) is 1. The van der Waals surface area contributed by atoms with Crippen molar-refractivity contribution in [3.63, 3.8) is 0 Å². The first-order valence-corrected chi connectivity index (χ1v) is 7.59. The number of anilines is 1. The molecular formula is C16H26N4O. The van der Waals surface area contributed by atoms with Crippen LogP contribution in [-0.4, -0.2) is 53.6 Å². The van der Waals surface area contributed by atoms with Crippen molar-refractivity contribution in [1.29, 1.82) is 0 Å². The highest BCUT2D eigenvalue weighted by molar-refractivity contribution is 5.82. The van der Waals surface area contributed by atoms with E-state index in [1.54, 1.807) is 0 Å². The second kappa shape index (κ2) is 6.43. The quantitative estimate of drug-likeness (QED) is 0.916. The third-order valence-electron chi connectivity index (χ3n) is 3.71. The number of rotatable bonds is 3. The van der Waals surface area contributed by atoms with Gasteiger partial charge in [-0.15, -0.1) is 0 Å². The number of amides is 1. The fraction of sp³-hybridized carbons (Fsp3) is 0.625. The molecule has 21 heavy (non-hydrogen) atoms. The molecule has 1 aliphatic rings. The molecule has 1 aromatic rings. The van der Waals surface area contributed by atoms with Crippen LogP contribution < -0.4 is 10.2 Å². The Kier molecular flexibility index (Phi) is 4.83. The summed E-state index contributed by atoms with van der Waals surface area (Å²) in [6, 6.07) is 5.88. The van der Waals surface area contributed by atoms with E-state index in [4.69, 9.17) is 0 Å². The number of carbonyl (C=O) groups excluding carboxylic acids is 1. The van der Waals surface area contributed by atoms with Crippen molar-refractivity contribution in [2.24, 2.45) is 0 Å². The minimum absolute atomic E-state index is 0.0879. The molecule has 116 valence electrons. The summed E-state index contributed by atoms with van der Waals surface area (Å²) in [6.07, 6.45) is 1.82. The van der Waals surface area contributed by atoms with Gasteiger partial charge >= 0.3 is 0 Å². The summed E-state index contributed by atoms with van der Waals surface area (Å²) in [5.41, 5.74) is -0.179. The lowest BCUT2D eigenvalue weighted by Crippen LogP contribution is -2.56. The SMILES string of the molecule is CC(C(=O)NC(C)(C)C)N1CCN(c2ccccn2)CC1. The summed E-state index contributed by atoms with van der Waals surface area (Å²) >= 11 is 0. The van der Waals surface area contributed by atoms with E-state index in [-0.39, 0.29) is 17.5 Å². The third-order valence-corrected chi connectivity index (χ3v) is 3.71. The molecule has 2 rings (SSSR count). The second-order valence-corrected chi connectivity index (χ2v) is 6.63. The Balaban J connectivity index is 1.87. The smallest absolute Gasteiger partial charge is 0.237 e. The Labute approximate surface area is 127 Å². The zero-order valence-corrected chi connectivity index (χ0v) is 13.5. The molecule has 0 radical (unpaired) electrons. The van der Waals surface area contributed by atoms with Crippen LogP contribution >= 0.6 is 0 Å². The van der Waals surface area contributed by atoms with Crippen LogP contribution in [0, 0.1) is 0 Å². The van der Waals surface area contributed by atoms with E-state index in [9.17, 15) is 4.79 Å². The lowest BCUT2D eigenvalue weighted by molar-refractivity contribution is -0.127. The van der Waals surface area contributed by atoms with Gasteiger partial charge in [-0.1, -0.05) is 6.07 Å². The first-order chi connectivity index (χ1) is 9.87. The molecule has 5 heteroatoms. The second-order valence-electron chi connectivity index (χ2n) is 6.63. The average molecular weight is 290 g/mol. The molecule has 1 atom stereocenters. The molecule has 1 amide bonds. The monoisotopic (exact) mass is 290 g/mol. The summed E-state index contributed by atoms with van der Waals surface area (Å²) < 4.78 is 0. The highest BCUT2D eigenvalue weighted by Crippen LogP contribution is 2.14. The standard InChI is InChI=1S/C16H26N4O/c1-13(15(21)18-16(2,3)4)19-9-11-20(12-10-19)14-7-5-6-8-17-14/h5-8,13H,9-12H2,1-4H3,(H,18,21). The fourth-order valence-electron chi connectivity index (χ4n) is 2.52. The maximum atomic E-state index is 12.2. The number of hydrogen-bond donors (Lipinski definition) is 1. The molecule has 1 saturated heterocycles. The van der Waals surface area contributed by atoms with Crippen LogP contribution in [0.4, 0.5) is 5.82 Å². The van der Waals surface area contributed by atoms with E-state index in [0.29, 0.717) is 0 Å². The number of pyridine rings is 1. The molecule has 0 aromatic carbocycles. The van der Waals surface area contributed by atoms with Crippen LogP contribution in [0.1, 0.15) is 27.7 Å². The largest absolute Gasteiger partial charge is 0.354 e. The number of nitrogens with zero attached hydrogens (tertiary/aromatic N) is 3. The fourth-order valence-corrected chi connectivity index (χ4v) is 2.52. The molecule has 1 aromatic heterocycles. The van der Waals surface area contributed by atoms with Crippen molar-refractivity contribution in [2.75, 3.05) is 31.1 Å². The molecule has 1 fully saturated rings. The topological polar surface area (TPSA) is 48.5 Å². The first kappa shape index (κ1) is 15.8.